The van der Waals surface area contributed by atoms with Crippen LogP contribution in [-0.4, -0.2) is 33.2 Å². The molecule has 0 bridgehead atoms. The summed E-state index contributed by atoms with van der Waals surface area (Å²) in [6.07, 6.45) is 0.666. The number of phenols is 2. The van der Waals surface area contributed by atoms with Crippen molar-refractivity contribution in [1.82, 2.24) is 0 Å². The summed E-state index contributed by atoms with van der Waals surface area (Å²) in [4.78, 5) is 0. The second-order valence-corrected chi connectivity index (χ2v) is 6.63. The Morgan fingerprint density at radius 1 is 1.32 bits per heavy atom. The van der Waals surface area contributed by atoms with Crippen LogP contribution in [0.4, 0.5) is 0 Å². The Labute approximate surface area is 129 Å². The molecule has 1 aliphatic heterocycles. The van der Waals surface area contributed by atoms with E-state index in [0.29, 0.717) is 6.42 Å². The summed E-state index contributed by atoms with van der Waals surface area (Å²) in [6, 6.07) is 3.38. The topological polar surface area (TPSA) is 49.7 Å². The normalized spacial score (nSPS) is 22.5. The largest absolute Gasteiger partial charge is 0.147 e. The first-order valence-corrected chi connectivity index (χ1v) is 7.47. The van der Waals surface area contributed by atoms with Crippen molar-refractivity contribution >= 4 is 29.3 Å². The molecule has 3 nitrogen and oxygen atoms in total. The summed E-state index contributed by atoms with van der Waals surface area (Å²) in [6.45, 7) is 6.39. The number of hydrogen-bond donors (Lipinski definition) is 2. The molecule has 106 valence electrons. The van der Waals surface area contributed by atoms with E-state index in [2.05, 4.69) is 37.6 Å². The number of rotatable bonds is 1. The monoisotopic (exact) mass is 346 g/mol. The number of halogens is 1. The minimum atomic E-state index is -0.0485. The van der Waals surface area contributed by atoms with E-state index in [1.165, 1.54) is 6.07 Å². The predicted molar refractivity (Wildman–Crippen MR) is 78.4 cm³/mol. The van der Waals surface area contributed by atoms with Crippen LogP contribution in [0.2, 0.25) is 5.21 Å². The zero-order chi connectivity index (χ0) is 13.5. The maximum Gasteiger partial charge on any atom is -0.147 e. The van der Waals surface area contributed by atoms with Gasteiger partial charge in [-0.05, 0) is 0 Å². The Hall–Kier alpha value is -0.372. The van der Waals surface area contributed by atoms with E-state index in [9.17, 15) is 10.2 Å². The van der Waals surface area contributed by atoms with Crippen molar-refractivity contribution < 1.29 is 14.9 Å². The fourth-order valence-corrected chi connectivity index (χ4v) is 2.91. The van der Waals surface area contributed by atoms with Gasteiger partial charge in [0.25, 0.3) is 0 Å². The van der Waals surface area contributed by atoms with Crippen molar-refractivity contribution in [2.24, 2.45) is 5.41 Å². The molecular formula is C14H20AsClO3. The van der Waals surface area contributed by atoms with Crippen LogP contribution in [0.1, 0.15) is 38.0 Å². The second kappa shape index (κ2) is 5.95. The van der Waals surface area contributed by atoms with Crippen LogP contribution in [0.25, 0.3) is 0 Å². The van der Waals surface area contributed by atoms with Crippen LogP contribution in [-0.2, 0) is 11.2 Å². The van der Waals surface area contributed by atoms with Crippen molar-refractivity contribution in [3.05, 3.63) is 23.3 Å². The SMILES string of the molecule is CC(C)(C)C1Cc2c(ccc(O)c2O)C(C[As])O1.Cl. The molecule has 2 rings (SSSR count). The van der Waals surface area contributed by atoms with E-state index in [1.807, 2.05) is 6.07 Å². The van der Waals surface area contributed by atoms with Crippen molar-refractivity contribution in [2.75, 3.05) is 0 Å². The van der Waals surface area contributed by atoms with E-state index >= 15 is 0 Å². The van der Waals surface area contributed by atoms with Crippen LogP contribution < -0.4 is 0 Å². The summed E-state index contributed by atoms with van der Waals surface area (Å²) in [5.41, 5.74) is 1.83. The van der Waals surface area contributed by atoms with E-state index in [1.54, 1.807) is 0 Å². The molecule has 5 heteroatoms. The smallest absolute Gasteiger partial charge is 0.147 e. The maximum absolute atomic E-state index is 10.0. The number of aromatic hydroxyl groups is 2. The van der Waals surface area contributed by atoms with Crippen molar-refractivity contribution in [3.63, 3.8) is 0 Å². The zero-order valence-electron chi connectivity index (χ0n) is 11.4. The Morgan fingerprint density at radius 3 is 2.47 bits per heavy atom. The molecule has 1 heterocycles. The Kier molecular flexibility index (Phi) is 5.22. The molecule has 2 unspecified atom stereocenters. The maximum atomic E-state index is 10.0. The fourth-order valence-electron chi connectivity index (χ4n) is 2.31. The molecule has 0 spiro atoms. The summed E-state index contributed by atoms with van der Waals surface area (Å²) >= 11 is 2.53. The van der Waals surface area contributed by atoms with Crippen LogP contribution in [0.15, 0.2) is 12.1 Å². The van der Waals surface area contributed by atoms with Gasteiger partial charge in [0.05, 0.1) is 0 Å². The molecule has 2 atom stereocenters. The molecule has 2 N–H and O–H groups in total. The predicted octanol–water partition coefficient (Wildman–Crippen LogP) is 3.13. The van der Waals surface area contributed by atoms with Crippen LogP contribution in [0, 0.1) is 5.41 Å². The third-order valence-corrected chi connectivity index (χ3v) is 4.19. The van der Waals surface area contributed by atoms with Crippen LogP contribution in [0.3, 0.4) is 0 Å². The first kappa shape index (κ1) is 16.7. The van der Waals surface area contributed by atoms with E-state index in [0.717, 1.165) is 16.3 Å². The molecule has 0 saturated carbocycles. The first-order valence-electron chi connectivity index (χ1n) is 6.14. The first-order chi connectivity index (χ1) is 8.34. The van der Waals surface area contributed by atoms with Gasteiger partial charge < -0.3 is 0 Å². The Morgan fingerprint density at radius 2 is 1.95 bits per heavy atom. The standard InChI is InChI=1S/C14H19AsO3.ClH/c1-14(2,3)12-6-9-8(11(7-15)18-12)4-5-10(16)13(9)17;/h4-5,11-12,16-17H,6-7H2,1-3H3;1H. The summed E-state index contributed by atoms with van der Waals surface area (Å²) in [5.74, 6) is -0.0383. The molecule has 1 aromatic carbocycles. The molecule has 2 radical (unpaired) electrons. The van der Waals surface area contributed by atoms with Gasteiger partial charge >= 0.3 is 117 Å². The quantitative estimate of drug-likeness (QED) is 0.607. The van der Waals surface area contributed by atoms with Crippen molar-refractivity contribution in [2.45, 2.75) is 44.6 Å². The number of benzene rings is 1. The number of hydrogen-bond acceptors (Lipinski definition) is 3. The minimum absolute atomic E-state index is 0. The molecule has 0 aliphatic carbocycles. The second-order valence-electron chi connectivity index (χ2n) is 5.87. The van der Waals surface area contributed by atoms with Gasteiger partial charge in [-0.3, -0.25) is 0 Å². The fraction of sp³-hybridized carbons (Fsp3) is 0.571. The molecule has 1 aromatic rings. The number of phenolic OH excluding ortho intramolecular Hbond substituents is 2. The minimum Gasteiger partial charge on any atom is -0.147 e. The molecule has 1 aliphatic rings. The van der Waals surface area contributed by atoms with Gasteiger partial charge in [-0.25, -0.2) is 0 Å². The van der Waals surface area contributed by atoms with Gasteiger partial charge in [-0.15, -0.1) is 12.4 Å². The molecule has 19 heavy (non-hydrogen) atoms. The Balaban J connectivity index is 0.00000180. The number of fused-ring (bicyclic) bond motifs is 1. The van der Waals surface area contributed by atoms with Gasteiger partial charge in [0.15, 0.2) is 0 Å². The molecule has 0 amide bonds. The molecule has 0 fully saturated rings. The average molecular weight is 347 g/mol. The summed E-state index contributed by atoms with van der Waals surface area (Å²) in [5, 5.41) is 20.5. The number of ether oxygens (including phenoxy) is 1. The summed E-state index contributed by atoms with van der Waals surface area (Å²) in [7, 11) is 0. The van der Waals surface area contributed by atoms with E-state index in [-0.39, 0.29) is 41.5 Å². The van der Waals surface area contributed by atoms with Crippen LogP contribution >= 0.6 is 12.4 Å². The van der Waals surface area contributed by atoms with Crippen LogP contribution in [0.5, 0.6) is 11.5 Å². The van der Waals surface area contributed by atoms with E-state index < -0.39 is 0 Å². The third-order valence-electron chi connectivity index (χ3n) is 3.49. The van der Waals surface area contributed by atoms with Gasteiger partial charge in [0.1, 0.15) is 0 Å². The van der Waals surface area contributed by atoms with E-state index in [4.69, 9.17) is 4.74 Å². The van der Waals surface area contributed by atoms with Crippen molar-refractivity contribution in [1.29, 1.82) is 0 Å². The zero-order valence-corrected chi connectivity index (χ0v) is 14.1. The van der Waals surface area contributed by atoms with Gasteiger partial charge in [-0.2, -0.15) is 0 Å². The summed E-state index contributed by atoms with van der Waals surface area (Å²) < 4.78 is 6.11. The van der Waals surface area contributed by atoms with Crippen molar-refractivity contribution in [3.8, 4) is 11.5 Å². The Bertz CT molecular complexity index is 457. The molecule has 0 saturated heterocycles. The molecular weight excluding hydrogens is 327 g/mol. The van der Waals surface area contributed by atoms with Gasteiger partial charge in [-0.1, -0.05) is 0 Å². The average Bonchev–Trinajstić information content (AvgIpc) is 2.31. The van der Waals surface area contributed by atoms with Gasteiger partial charge in [0.2, 0.25) is 0 Å². The third kappa shape index (κ3) is 3.21. The molecule has 0 aromatic heterocycles. The van der Waals surface area contributed by atoms with Gasteiger partial charge in [0, 0.05) is 0 Å².